The minimum absolute atomic E-state index is 0.174. The second kappa shape index (κ2) is 8.12. The monoisotopic (exact) mass is 437 g/mol. The van der Waals surface area contributed by atoms with Crippen LogP contribution in [0, 0.1) is 5.82 Å². The Balaban J connectivity index is 1.46. The number of carbonyl (C=O) groups excluding carboxylic acids is 1. The number of aromatic amines is 1. The number of ether oxygens (including phenoxy) is 1. The van der Waals surface area contributed by atoms with Crippen molar-refractivity contribution in [1.82, 2.24) is 29.7 Å². The highest BCUT2D eigenvalue weighted by atomic mass is 19.1. The number of amides is 2. The third kappa shape index (κ3) is 3.62. The number of morpholine rings is 1. The first-order valence-electron chi connectivity index (χ1n) is 10.5. The highest BCUT2D eigenvalue weighted by molar-refractivity contribution is 6.07. The first kappa shape index (κ1) is 20.3. The van der Waals surface area contributed by atoms with E-state index >= 15 is 0 Å². The minimum atomic E-state index is -0.369. The molecule has 1 aliphatic heterocycles. The molecule has 1 aromatic carbocycles. The summed E-state index contributed by atoms with van der Waals surface area (Å²) in [5.41, 5.74) is 4.50. The summed E-state index contributed by atoms with van der Waals surface area (Å²) in [4.78, 5) is 26.4. The number of benzene rings is 1. The van der Waals surface area contributed by atoms with Gasteiger partial charge in [0.25, 0.3) is 0 Å². The maximum atomic E-state index is 14.4. The molecule has 0 spiro atoms. The van der Waals surface area contributed by atoms with E-state index in [1.54, 1.807) is 18.3 Å². The van der Waals surface area contributed by atoms with Crippen LogP contribution in [0.15, 0.2) is 30.6 Å². The molecular formula is C22H24FN7O2. The van der Waals surface area contributed by atoms with Gasteiger partial charge in [-0.15, -0.1) is 0 Å². The molecule has 0 bridgehead atoms. The van der Waals surface area contributed by atoms with Crippen LogP contribution in [0.4, 0.5) is 15.0 Å². The summed E-state index contributed by atoms with van der Waals surface area (Å²) in [5, 5.41) is 6.85. The van der Waals surface area contributed by atoms with Gasteiger partial charge in [0.05, 0.1) is 25.1 Å². The first-order valence-corrected chi connectivity index (χ1v) is 10.5. The Kier molecular flexibility index (Phi) is 5.14. The smallest absolute Gasteiger partial charge is 0.317 e. The number of fused-ring (bicyclic) bond motifs is 3. The molecule has 3 N–H and O–H groups in total. The molecule has 5 rings (SSSR count). The van der Waals surface area contributed by atoms with Crippen molar-refractivity contribution in [2.24, 2.45) is 7.05 Å². The number of aryl methyl sites for hydroxylation is 1. The van der Waals surface area contributed by atoms with E-state index in [1.807, 2.05) is 23.7 Å². The van der Waals surface area contributed by atoms with E-state index < -0.39 is 0 Å². The summed E-state index contributed by atoms with van der Waals surface area (Å²) in [6.07, 6.45) is 1.75. The van der Waals surface area contributed by atoms with E-state index in [1.165, 1.54) is 12.1 Å². The number of hydrogen-bond donors (Lipinski definition) is 3. The second-order valence-corrected chi connectivity index (χ2v) is 7.81. The molecule has 4 aromatic rings. The maximum absolute atomic E-state index is 14.4. The molecule has 32 heavy (non-hydrogen) atoms. The Morgan fingerprint density at radius 1 is 1.25 bits per heavy atom. The van der Waals surface area contributed by atoms with Gasteiger partial charge in [0.15, 0.2) is 5.82 Å². The summed E-state index contributed by atoms with van der Waals surface area (Å²) >= 11 is 0. The van der Waals surface area contributed by atoms with Gasteiger partial charge in [0.1, 0.15) is 17.0 Å². The molecule has 4 heterocycles. The van der Waals surface area contributed by atoms with Gasteiger partial charge in [-0.1, -0.05) is 0 Å². The van der Waals surface area contributed by atoms with E-state index in [9.17, 15) is 9.18 Å². The van der Waals surface area contributed by atoms with Crippen molar-refractivity contribution in [3.63, 3.8) is 0 Å². The zero-order valence-electron chi connectivity index (χ0n) is 17.9. The number of nitrogens with zero attached hydrogens (tertiary/aromatic N) is 4. The molecule has 0 radical (unpaired) electrons. The Bertz CT molecular complexity index is 1310. The molecule has 10 heteroatoms. The lowest BCUT2D eigenvalue weighted by atomic mass is 10.1. The van der Waals surface area contributed by atoms with E-state index in [4.69, 9.17) is 4.74 Å². The summed E-state index contributed by atoms with van der Waals surface area (Å²) in [6, 6.07) is 6.55. The second-order valence-electron chi connectivity index (χ2n) is 7.81. The van der Waals surface area contributed by atoms with Gasteiger partial charge in [-0.2, -0.15) is 0 Å². The fourth-order valence-electron chi connectivity index (χ4n) is 4.09. The van der Waals surface area contributed by atoms with Crippen LogP contribution in [-0.4, -0.2) is 63.8 Å². The third-order valence-corrected chi connectivity index (χ3v) is 5.68. The molecule has 0 aliphatic carbocycles. The van der Waals surface area contributed by atoms with Gasteiger partial charge < -0.3 is 29.8 Å². The average molecular weight is 437 g/mol. The van der Waals surface area contributed by atoms with Gasteiger partial charge in [-0.25, -0.2) is 19.2 Å². The van der Waals surface area contributed by atoms with Crippen molar-refractivity contribution in [3.05, 3.63) is 42.0 Å². The summed E-state index contributed by atoms with van der Waals surface area (Å²) in [5.74, 6) is 0.304. The topological polar surface area (TPSA) is 100 Å². The highest BCUT2D eigenvalue weighted by Gasteiger charge is 2.18. The van der Waals surface area contributed by atoms with Crippen LogP contribution in [0.1, 0.15) is 5.56 Å². The third-order valence-electron chi connectivity index (χ3n) is 5.68. The van der Waals surface area contributed by atoms with E-state index in [0.717, 1.165) is 22.1 Å². The lowest BCUT2D eigenvalue weighted by molar-refractivity contribution is 0.0531. The number of H-pyrrole nitrogens is 1. The number of hydrogen-bond acceptors (Lipinski definition) is 5. The van der Waals surface area contributed by atoms with Gasteiger partial charge in [-0.3, -0.25) is 0 Å². The number of anilines is 1. The van der Waals surface area contributed by atoms with Gasteiger partial charge >= 0.3 is 6.03 Å². The van der Waals surface area contributed by atoms with Crippen molar-refractivity contribution in [1.29, 1.82) is 0 Å². The predicted molar refractivity (Wildman–Crippen MR) is 120 cm³/mol. The molecule has 0 saturated carbocycles. The standard InChI is InChI=1S/C22H24FN7O2/c1-24-21-18-19(29(2)12-26-18)16-10-17(27-20(16)28-21)14-7-13(8-15(23)9-14)11-25-22(31)30-3-5-32-6-4-30/h7-10,12H,3-6,11H2,1-2H3,(H,25,31)(H2,24,27,28). The maximum Gasteiger partial charge on any atom is 0.317 e. The number of imidazole rings is 1. The lowest BCUT2D eigenvalue weighted by Gasteiger charge is -2.27. The van der Waals surface area contributed by atoms with E-state index in [0.29, 0.717) is 48.9 Å². The van der Waals surface area contributed by atoms with Crippen LogP contribution >= 0.6 is 0 Å². The van der Waals surface area contributed by atoms with Crippen LogP contribution in [-0.2, 0) is 18.3 Å². The summed E-state index contributed by atoms with van der Waals surface area (Å²) < 4.78 is 21.7. The zero-order valence-corrected chi connectivity index (χ0v) is 17.9. The lowest BCUT2D eigenvalue weighted by Crippen LogP contribution is -2.45. The fraction of sp³-hybridized carbons (Fsp3) is 0.318. The van der Waals surface area contributed by atoms with E-state index in [2.05, 4.69) is 25.6 Å². The molecule has 1 aliphatic rings. The number of pyridine rings is 1. The van der Waals surface area contributed by atoms with Gasteiger partial charge in [-0.05, 0) is 29.8 Å². The molecule has 0 atom stereocenters. The molecule has 166 valence electrons. The zero-order chi connectivity index (χ0) is 22.2. The summed E-state index contributed by atoms with van der Waals surface area (Å²) in [6.45, 7) is 2.41. The Labute approximate surface area is 183 Å². The largest absolute Gasteiger partial charge is 0.378 e. The van der Waals surface area contributed by atoms with Crippen molar-refractivity contribution in [2.75, 3.05) is 38.7 Å². The molecule has 0 unspecified atom stereocenters. The predicted octanol–water partition coefficient (Wildman–Crippen LogP) is 2.84. The minimum Gasteiger partial charge on any atom is -0.378 e. The number of aromatic nitrogens is 4. The number of urea groups is 1. The number of carbonyl (C=O) groups is 1. The fourth-order valence-corrected chi connectivity index (χ4v) is 4.09. The Morgan fingerprint density at radius 2 is 2.06 bits per heavy atom. The molecule has 1 fully saturated rings. The van der Waals surface area contributed by atoms with Gasteiger partial charge in [0, 0.05) is 50.4 Å². The molecule has 2 amide bonds. The molecule has 3 aromatic heterocycles. The van der Waals surface area contributed by atoms with Crippen molar-refractivity contribution in [2.45, 2.75) is 6.54 Å². The van der Waals surface area contributed by atoms with Crippen LogP contribution in [0.3, 0.4) is 0 Å². The quantitative estimate of drug-likeness (QED) is 0.456. The van der Waals surface area contributed by atoms with Crippen molar-refractivity contribution < 1.29 is 13.9 Å². The Hall–Kier alpha value is -3.66. The molecular weight excluding hydrogens is 413 g/mol. The summed E-state index contributed by atoms with van der Waals surface area (Å²) in [7, 11) is 3.73. The van der Waals surface area contributed by atoms with Crippen molar-refractivity contribution >= 4 is 33.9 Å². The van der Waals surface area contributed by atoms with Crippen LogP contribution < -0.4 is 10.6 Å². The highest BCUT2D eigenvalue weighted by Crippen LogP contribution is 2.32. The van der Waals surface area contributed by atoms with Crippen molar-refractivity contribution in [3.8, 4) is 11.3 Å². The van der Waals surface area contributed by atoms with E-state index in [-0.39, 0.29) is 18.4 Å². The van der Waals surface area contributed by atoms with Crippen LogP contribution in [0.25, 0.3) is 33.3 Å². The number of rotatable bonds is 4. The first-order chi connectivity index (χ1) is 15.5. The molecule has 9 nitrogen and oxygen atoms in total. The average Bonchev–Trinajstić information content (AvgIpc) is 3.40. The molecule has 1 saturated heterocycles. The number of halogens is 1. The number of nitrogens with one attached hydrogen (secondary N) is 3. The normalized spacial score (nSPS) is 14.3. The van der Waals surface area contributed by atoms with Crippen LogP contribution in [0.2, 0.25) is 0 Å². The van der Waals surface area contributed by atoms with Crippen LogP contribution in [0.5, 0.6) is 0 Å². The SMILES string of the molecule is CNc1nc2[nH]c(-c3cc(F)cc(CNC(=O)N4CCOCC4)c3)cc2c2c1ncn2C. The Morgan fingerprint density at radius 3 is 2.84 bits per heavy atom. The van der Waals surface area contributed by atoms with Gasteiger partial charge in [0.2, 0.25) is 0 Å².